The van der Waals surface area contributed by atoms with Crippen LogP contribution in [-0.2, 0) is 16.1 Å². The molecule has 0 N–H and O–H groups in total. The van der Waals surface area contributed by atoms with Crippen LogP contribution >= 0.6 is 27.3 Å². The van der Waals surface area contributed by atoms with E-state index in [9.17, 15) is 4.79 Å². The Morgan fingerprint density at radius 2 is 2.35 bits per heavy atom. The molecule has 0 bridgehead atoms. The van der Waals surface area contributed by atoms with Gasteiger partial charge in [-0.15, -0.1) is 11.3 Å². The first-order valence-electron chi connectivity index (χ1n) is 5.19. The standard InChI is InChI=1S/C12H16BrNO2S/c1-9(12(15)16-3)4-5-14(2)7-10-6-11(13)17-8-10/h4,6,8H,5,7H2,1-3H3. The quantitative estimate of drug-likeness (QED) is 0.617. The third-order valence-corrected chi connectivity index (χ3v) is 3.84. The van der Waals surface area contributed by atoms with Gasteiger partial charge in [0, 0.05) is 18.7 Å². The van der Waals surface area contributed by atoms with Gasteiger partial charge in [0.15, 0.2) is 0 Å². The van der Waals surface area contributed by atoms with Gasteiger partial charge < -0.3 is 4.74 Å². The maximum Gasteiger partial charge on any atom is 0.333 e. The highest BCUT2D eigenvalue weighted by molar-refractivity contribution is 9.11. The van der Waals surface area contributed by atoms with Crippen LogP contribution in [0, 0.1) is 0 Å². The summed E-state index contributed by atoms with van der Waals surface area (Å²) < 4.78 is 5.78. The van der Waals surface area contributed by atoms with Crippen molar-refractivity contribution in [3.05, 3.63) is 32.4 Å². The summed E-state index contributed by atoms with van der Waals surface area (Å²) in [6, 6.07) is 2.11. The maximum absolute atomic E-state index is 11.2. The fraction of sp³-hybridized carbons (Fsp3) is 0.417. The number of nitrogens with zero attached hydrogens (tertiary/aromatic N) is 1. The van der Waals surface area contributed by atoms with E-state index in [0.29, 0.717) is 5.57 Å². The molecule has 1 heterocycles. The number of rotatable bonds is 5. The SMILES string of the molecule is COC(=O)C(C)=CCN(C)Cc1csc(Br)c1. The summed E-state index contributed by atoms with van der Waals surface area (Å²) in [6.45, 7) is 3.36. The Hall–Kier alpha value is -0.650. The van der Waals surface area contributed by atoms with Gasteiger partial charge in [-0.3, -0.25) is 4.90 Å². The first kappa shape index (κ1) is 14.4. The molecule has 0 unspecified atom stereocenters. The predicted molar refractivity (Wildman–Crippen MR) is 74.1 cm³/mol. The number of hydrogen-bond acceptors (Lipinski definition) is 4. The molecule has 0 aliphatic rings. The minimum absolute atomic E-state index is 0.267. The summed E-state index contributed by atoms with van der Waals surface area (Å²) in [7, 11) is 3.42. The van der Waals surface area contributed by atoms with E-state index in [4.69, 9.17) is 0 Å². The summed E-state index contributed by atoms with van der Waals surface area (Å²) in [5, 5.41) is 2.12. The molecule has 0 amide bonds. The van der Waals surface area contributed by atoms with E-state index in [1.54, 1.807) is 18.3 Å². The van der Waals surface area contributed by atoms with Crippen LogP contribution < -0.4 is 0 Å². The van der Waals surface area contributed by atoms with E-state index < -0.39 is 0 Å². The van der Waals surface area contributed by atoms with Crippen molar-refractivity contribution in [3.8, 4) is 0 Å². The molecule has 17 heavy (non-hydrogen) atoms. The fourth-order valence-electron chi connectivity index (χ4n) is 1.34. The molecule has 5 heteroatoms. The molecule has 0 aliphatic heterocycles. The normalized spacial score (nSPS) is 11.9. The van der Waals surface area contributed by atoms with Gasteiger partial charge in [0.1, 0.15) is 0 Å². The lowest BCUT2D eigenvalue weighted by atomic mass is 10.2. The maximum atomic E-state index is 11.2. The van der Waals surface area contributed by atoms with Crippen molar-refractivity contribution >= 4 is 33.2 Å². The van der Waals surface area contributed by atoms with Crippen LogP contribution in [-0.4, -0.2) is 31.6 Å². The number of carbonyl (C=O) groups is 1. The van der Waals surface area contributed by atoms with Gasteiger partial charge in [-0.1, -0.05) is 6.08 Å². The molecule has 0 spiro atoms. The van der Waals surface area contributed by atoms with E-state index in [1.807, 2.05) is 13.1 Å². The van der Waals surface area contributed by atoms with Crippen LogP contribution in [0.3, 0.4) is 0 Å². The van der Waals surface area contributed by atoms with Gasteiger partial charge in [0.25, 0.3) is 0 Å². The number of carbonyl (C=O) groups excluding carboxylic acids is 1. The summed E-state index contributed by atoms with van der Waals surface area (Å²) >= 11 is 5.12. The van der Waals surface area contributed by atoms with Crippen molar-refractivity contribution < 1.29 is 9.53 Å². The van der Waals surface area contributed by atoms with Crippen molar-refractivity contribution in [2.75, 3.05) is 20.7 Å². The first-order chi connectivity index (χ1) is 8.02. The van der Waals surface area contributed by atoms with Crippen LogP contribution in [0.5, 0.6) is 0 Å². The summed E-state index contributed by atoms with van der Waals surface area (Å²) in [5.41, 5.74) is 1.92. The second-order valence-electron chi connectivity index (χ2n) is 3.83. The Morgan fingerprint density at radius 3 is 2.88 bits per heavy atom. The summed E-state index contributed by atoms with van der Waals surface area (Å²) in [4.78, 5) is 13.3. The van der Waals surface area contributed by atoms with Gasteiger partial charge in [-0.2, -0.15) is 0 Å². The summed E-state index contributed by atoms with van der Waals surface area (Å²) in [5.74, 6) is -0.267. The first-order valence-corrected chi connectivity index (χ1v) is 6.86. The largest absolute Gasteiger partial charge is 0.466 e. The third kappa shape index (κ3) is 5.02. The molecular weight excluding hydrogens is 302 g/mol. The zero-order chi connectivity index (χ0) is 12.8. The van der Waals surface area contributed by atoms with Crippen LogP contribution in [0.15, 0.2) is 26.9 Å². The zero-order valence-corrected chi connectivity index (χ0v) is 12.6. The predicted octanol–water partition coefficient (Wildman–Crippen LogP) is 3.06. The van der Waals surface area contributed by atoms with Crippen molar-refractivity contribution in [1.29, 1.82) is 0 Å². The van der Waals surface area contributed by atoms with Crippen LogP contribution in [0.2, 0.25) is 0 Å². The lowest BCUT2D eigenvalue weighted by Crippen LogP contribution is -2.18. The van der Waals surface area contributed by atoms with Crippen molar-refractivity contribution in [1.82, 2.24) is 4.90 Å². The van der Waals surface area contributed by atoms with Gasteiger partial charge in [-0.25, -0.2) is 4.79 Å². The van der Waals surface area contributed by atoms with E-state index in [-0.39, 0.29) is 5.97 Å². The van der Waals surface area contributed by atoms with E-state index in [0.717, 1.165) is 16.9 Å². The molecule has 94 valence electrons. The highest BCUT2D eigenvalue weighted by Crippen LogP contribution is 2.21. The number of hydrogen-bond donors (Lipinski definition) is 0. The number of halogens is 1. The monoisotopic (exact) mass is 317 g/mol. The molecular formula is C12H16BrNO2S. The van der Waals surface area contributed by atoms with E-state index >= 15 is 0 Å². The van der Waals surface area contributed by atoms with Gasteiger partial charge in [0.2, 0.25) is 0 Å². The van der Waals surface area contributed by atoms with Crippen molar-refractivity contribution in [2.45, 2.75) is 13.5 Å². The van der Waals surface area contributed by atoms with Crippen LogP contribution in [0.1, 0.15) is 12.5 Å². The second kappa shape index (κ2) is 6.93. The van der Waals surface area contributed by atoms with E-state index in [2.05, 4.69) is 37.0 Å². The van der Waals surface area contributed by atoms with Gasteiger partial charge in [0.05, 0.1) is 10.9 Å². The highest BCUT2D eigenvalue weighted by Gasteiger charge is 2.04. The molecule has 0 radical (unpaired) electrons. The molecule has 0 aromatic carbocycles. The lowest BCUT2D eigenvalue weighted by Gasteiger charge is -2.13. The number of methoxy groups -OCH3 is 1. The van der Waals surface area contributed by atoms with Crippen LogP contribution in [0.25, 0.3) is 0 Å². The number of thiophene rings is 1. The van der Waals surface area contributed by atoms with Gasteiger partial charge >= 0.3 is 5.97 Å². The van der Waals surface area contributed by atoms with E-state index in [1.165, 1.54) is 12.7 Å². The Labute approximate surface area is 114 Å². The Morgan fingerprint density at radius 1 is 1.65 bits per heavy atom. The molecule has 1 aromatic rings. The average Bonchev–Trinajstić information content (AvgIpc) is 2.70. The Bertz CT molecular complexity index is 414. The van der Waals surface area contributed by atoms with Gasteiger partial charge in [-0.05, 0) is 46.9 Å². The number of likely N-dealkylation sites (N-methyl/N-ethyl adjacent to an activating group) is 1. The number of esters is 1. The molecule has 0 saturated heterocycles. The minimum atomic E-state index is -0.267. The highest BCUT2D eigenvalue weighted by atomic mass is 79.9. The van der Waals surface area contributed by atoms with Crippen LogP contribution in [0.4, 0.5) is 0 Å². The smallest absolute Gasteiger partial charge is 0.333 e. The molecule has 0 fully saturated rings. The minimum Gasteiger partial charge on any atom is -0.466 e. The number of ether oxygens (including phenoxy) is 1. The molecule has 0 atom stereocenters. The second-order valence-corrected chi connectivity index (χ2v) is 6.13. The van der Waals surface area contributed by atoms with Crippen molar-refractivity contribution in [3.63, 3.8) is 0 Å². The molecule has 3 nitrogen and oxygen atoms in total. The summed E-state index contributed by atoms with van der Waals surface area (Å²) in [6.07, 6.45) is 1.88. The average molecular weight is 318 g/mol. The van der Waals surface area contributed by atoms with Crippen molar-refractivity contribution in [2.24, 2.45) is 0 Å². The Kier molecular flexibility index (Phi) is 5.88. The Balaban J connectivity index is 2.45. The zero-order valence-electron chi connectivity index (χ0n) is 10.2. The molecule has 1 aromatic heterocycles. The fourth-order valence-corrected chi connectivity index (χ4v) is 2.54. The molecule has 1 rings (SSSR count). The lowest BCUT2D eigenvalue weighted by molar-refractivity contribution is -0.136. The topological polar surface area (TPSA) is 29.5 Å². The molecule has 0 aliphatic carbocycles. The third-order valence-electron chi connectivity index (χ3n) is 2.29. The molecule has 0 saturated carbocycles.